The van der Waals surface area contributed by atoms with Gasteiger partial charge in [-0.1, -0.05) is 18.3 Å². The number of rotatable bonds is 5. The van der Waals surface area contributed by atoms with Crippen LogP contribution in [0.3, 0.4) is 0 Å². The lowest BCUT2D eigenvalue weighted by Gasteiger charge is -2.09. The highest BCUT2D eigenvalue weighted by Crippen LogP contribution is 2.16. The summed E-state index contributed by atoms with van der Waals surface area (Å²) in [6, 6.07) is 9.19. The average Bonchev–Trinajstić information content (AvgIpc) is 2.40. The van der Waals surface area contributed by atoms with E-state index in [1.807, 2.05) is 0 Å². The molecule has 0 fully saturated rings. The highest BCUT2D eigenvalue weighted by atomic mass is 32.1. The zero-order chi connectivity index (χ0) is 14.5. The van der Waals surface area contributed by atoms with E-state index in [-0.39, 0.29) is 22.7 Å². The third-order valence-electron chi connectivity index (χ3n) is 2.71. The zero-order valence-electron chi connectivity index (χ0n) is 10.6. The summed E-state index contributed by atoms with van der Waals surface area (Å²) < 4.78 is 20.5. The normalized spacial score (nSPS) is 10.2. The number of nitrogens with two attached hydrogens (primary N) is 1. The van der Waals surface area contributed by atoms with Crippen LogP contribution in [0, 0.1) is 5.82 Å². The van der Waals surface area contributed by atoms with Crippen molar-refractivity contribution < 1.29 is 9.13 Å². The van der Waals surface area contributed by atoms with Crippen molar-refractivity contribution in [3.63, 3.8) is 0 Å². The Morgan fingerprint density at radius 1 is 1.35 bits per heavy atom. The summed E-state index contributed by atoms with van der Waals surface area (Å²) in [5.41, 5.74) is 5.45. The van der Waals surface area contributed by atoms with Crippen molar-refractivity contribution >= 4 is 17.2 Å². The molecular weight excluding hydrogens is 279 g/mol. The minimum atomic E-state index is -0.521. The lowest BCUT2D eigenvalue weighted by atomic mass is 10.2. The molecule has 6 heteroatoms. The van der Waals surface area contributed by atoms with Gasteiger partial charge in [0.25, 0.3) is 5.56 Å². The number of hydrogen-bond acceptors (Lipinski definition) is 3. The van der Waals surface area contributed by atoms with Gasteiger partial charge >= 0.3 is 0 Å². The summed E-state index contributed by atoms with van der Waals surface area (Å²) in [7, 11) is 0. The SMILES string of the molecule is NC(=S)c1ccc(OCCn2ccccc2=O)cc1F. The smallest absolute Gasteiger partial charge is 0.250 e. The second-order valence-electron chi connectivity index (χ2n) is 4.09. The second kappa shape index (κ2) is 6.29. The summed E-state index contributed by atoms with van der Waals surface area (Å²) in [4.78, 5) is 11.5. The molecule has 0 spiro atoms. The summed E-state index contributed by atoms with van der Waals surface area (Å²) >= 11 is 4.72. The maximum Gasteiger partial charge on any atom is 0.250 e. The van der Waals surface area contributed by atoms with E-state index in [2.05, 4.69) is 0 Å². The molecule has 0 saturated heterocycles. The molecule has 4 nitrogen and oxygen atoms in total. The molecule has 1 aromatic heterocycles. The number of hydrogen-bond donors (Lipinski definition) is 1. The summed E-state index contributed by atoms with van der Waals surface area (Å²) in [6.45, 7) is 0.647. The molecule has 0 aliphatic heterocycles. The number of nitrogens with zero attached hydrogens (tertiary/aromatic N) is 1. The first kappa shape index (κ1) is 14.2. The van der Waals surface area contributed by atoms with E-state index in [0.29, 0.717) is 12.3 Å². The van der Waals surface area contributed by atoms with Crippen molar-refractivity contribution in [2.45, 2.75) is 6.54 Å². The Kier molecular flexibility index (Phi) is 4.47. The van der Waals surface area contributed by atoms with Crippen LogP contribution in [0.1, 0.15) is 5.56 Å². The summed E-state index contributed by atoms with van der Waals surface area (Å²) in [5, 5.41) is 0. The monoisotopic (exact) mass is 292 g/mol. The highest BCUT2D eigenvalue weighted by Gasteiger charge is 2.06. The maximum absolute atomic E-state index is 13.6. The fourth-order valence-corrected chi connectivity index (χ4v) is 1.86. The van der Waals surface area contributed by atoms with Crippen molar-refractivity contribution in [1.29, 1.82) is 0 Å². The second-order valence-corrected chi connectivity index (χ2v) is 4.53. The van der Waals surface area contributed by atoms with Crippen LogP contribution in [-0.2, 0) is 6.54 Å². The van der Waals surface area contributed by atoms with E-state index in [1.54, 1.807) is 24.4 Å². The van der Waals surface area contributed by atoms with Gasteiger partial charge in [-0.05, 0) is 18.2 Å². The number of aromatic nitrogens is 1. The topological polar surface area (TPSA) is 57.2 Å². The van der Waals surface area contributed by atoms with E-state index < -0.39 is 5.82 Å². The van der Waals surface area contributed by atoms with Gasteiger partial charge in [-0.15, -0.1) is 0 Å². The molecule has 0 amide bonds. The van der Waals surface area contributed by atoms with E-state index in [9.17, 15) is 9.18 Å². The van der Waals surface area contributed by atoms with E-state index in [4.69, 9.17) is 22.7 Å². The van der Waals surface area contributed by atoms with Crippen LogP contribution in [0.15, 0.2) is 47.4 Å². The van der Waals surface area contributed by atoms with E-state index in [0.717, 1.165) is 0 Å². The molecule has 0 unspecified atom stereocenters. The van der Waals surface area contributed by atoms with Gasteiger partial charge in [0.2, 0.25) is 0 Å². The maximum atomic E-state index is 13.6. The fraction of sp³-hybridized carbons (Fsp3) is 0.143. The van der Waals surface area contributed by atoms with Crippen LogP contribution in [0.25, 0.3) is 0 Å². The molecule has 2 rings (SSSR count). The number of benzene rings is 1. The number of halogens is 1. The van der Waals surface area contributed by atoms with Crippen LogP contribution in [0.2, 0.25) is 0 Å². The predicted octanol–water partition coefficient (Wildman–Crippen LogP) is 1.70. The van der Waals surface area contributed by atoms with Gasteiger partial charge < -0.3 is 15.0 Å². The Morgan fingerprint density at radius 3 is 2.80 bits per heavy atom. The molecule has 2 aromatic rings. The van der Waals surface area contributed by atoms with Crippen molar-refractivity contribution in [2.24, 2.45) is 5.73 Å². The largest absolute Gasteiger partial charge is 0.492 e. The van der Waals surface area contributed by atoms with E-state index in [1.165, 1.54) is 22.8 Å². The fourth-order valence-electron chi connectivity index (χ4n) is 1.69. The van der Waals surface area contributed by atoms with Gasteiger partial charge in [0.05, 0.1) is 6.54 Å². The third-order valence-corrected chi connectivity index (χ3v) is 2.93. The molecule has 0 aliphatic rings. The van der Waals surface area contributed by atoms with Crippen LogP contribution < -0.4 is 16.0 Å². The molecule has 1 aromatic carbocycles. The van der Waals surface area contributed by atoms with Gasteiger partial charge in [0.15, 0.2) is 0 Å². The molecule has 0 radical (unpaired) electrons. The Bertz CT molecular complexity index is 685. The minimum absolute atomic E-state index is 0.00453. The summed E-state index contributed by atoms with van der Waals surface area (Å²) in [6.07, 6.45) is 1.67. The van der Waals surface area contributed by atoms with Gasteiger partial charge in [-0.3, -0.25) is 4.79 Å². The van der Waals surface area contributed by atoms with Crippen LogP contribution in [0.4, 0.5) is 4.39 Å². The molecule has 0 atom stereocenters. The van der Waals surface area contributed by atoms with Gasteiger partial charge in [-0.2, -0.15) is 0 Å². The predicted molar refractivity (Wildman–Crippen MR) is 78.5 cm³/mol. The first-order valence-electron chi connectivity index (χ1n) is 5.95. The van der Waals surface area contributed by atoms with Gasteiger partial charge in [-0.25, -0.2) is 4.39 Å². The number of thiocarbonyl (C=S) groups is 1. The molecule has 0 saturated carbocycles. The molecule has 20 heavy (non-hydrogen) atoms. The standard InChI is InChI=1S/C14H13FN2O2S/c15-12-9-10(4-5-11(12)14(16)20)19-8-7-17-6-2-1-3-13(17)18/h1-6,9H,7-8H2,(H2,16,20). The van der Waals surface area contributed by atoms with Crippen LogP contribution >= 0.6 is 12.2 Å². The van der Waals surface area contributed by atoms with Crippen molar-refractivity contribution in [2.75, 3.05) is 6.61 Å². The molecule has 104 valence electrons. The quantitative estimate of drug-likeness (QED) is 0.852. The van der Waals surface area contributed by atoms with Gasteiger partial charge in [0.1, 0.15) is 23.2 Å². The Hall–Kier alpha value is -2.21. The first-order chi connectivity index (χ1) is 9.58. The van der Waals surface area contributed by atoms with Crippen LogP contribution in [0.5, 0.6) is 5.75 Å². The Balaban J connectivity index is 1.98. The lowest BCUT2D eigenvalue weighted by Crippen LogP contribution is -2.21. The number of pyridine rings is 1. The number of ether oxygens (including phenoxy) is 1. The highest BCUT2D eigenvalue weighted by molar-refractivity contribution is 7.80. The molecule has 0 bridgehead atoms. The van der Waals surface area contributed by atoms with Crippen LogP contribution in [-0.4, -0.2) is 16.2 Å². The Morgan fingerprint density at radius 2 is 2.15 bits per heavy atom. The van der Waals surface area contributed by atoms with Crippen molar-refractivity contribution in [1.82, 2.24) is 4.57 Å². The van der Waals surface area contributed by atoms with E-state index >= 15 is 0 Å². The molecule has 2 N–H and O–H groups in total. The molecule has 1 heterocycles. The Labute approximate surface area is 120 Å². The lowest BCUT2D eigenvalue weighted by molar-refractivity contribution is 0.295. The minimum Gasteiger partial charge on any atom is -0.492 e. The summed E-state index contributed by atoms with van der Waals surface area (Å²) in [5.74, 6) is -0.154. The van der Waals surface area contributed by atoms with Crippen molar-refractivity contribution in [3.05, 3.63) is 64.3 Å². The average molecular weight is 292 g/mol. The zero-order valence-corrected chi connectivity index (χ0v) is 11.4. The molecular formula is C14H13FN2O2S. The first-order valence-corrected chi connectivity index (χ1v) is 6.36. The third kappa shape index (κ3) is 3.42. The van der Waals surface area contributed by atoms with Gasteiger partial charge in [0, 0.05) is 23.9 Å². The van der Waals surface area contributed by atoms with Crippen molar-refractivity contribution in [3.8, 4) is 5.75 Å². The molecule has 0 aliphatic carbocycles.